The van der Waals surface area contributed by atoms with E-state index in [2.05, 4.69) is 39.0 Å². The van der Waals surface area contributed by atoms with E-state index >= 15 is 0 Å². The second-order valence-corrected chi connectivity index (χ2v) is 11.3. The van der Waals surface area contributed by atoms with Gasteiger partial charge in [0.2, 0.25) is 0 Å². The molecular weight excluding hydrogens is 502 g/mol. The number of aromatic nitrogens is 2. The van der Waals surface area contributed by atoms with E-state index in [4.69, 9.17) is 19.4 Å². The van der Waals surface area contributed by atoms with Crippen molar-refractivity contribution in [1.29, 1.82) is 0 Å². The molecule has 7 heteroatoms. The summed E-state index contributed by atoms with van der Waals surface area (Å²) in [5.41, 5.74) is 5.66. The van der Waals surface area contributed by atoms with E-state index in [0.717, 1.165) is 62.6 Å². The lowest BCUT2D eigenvalue weighted by atomic mass is 9.67. The topological polar surface area (TPSA) is 87.4 Å². The zero-order chi connectivity index (χ0) is 27.6. The Labute approximate surface area is 231 Å². The molecule has 5 aromatic rings. The molecule has 0 saturated heterocycles. The van der Waals surface area contributed by atoms with Crippen molar-refractivity contribution in [3.05, 3.63) is 99.6 Å². The fourth-order valence-corrected chi connectivity index (χ4v) is 6.51. The Morgan fingerprint density at radius 3 is 2.45 bits per heavy atom. The summed E-state index contributed by atoms with van der Waals surface area (Å²) in [5.74, 6) is 1.15. The van der Waals surface area contributed by atoms with Crippen molar-refractivity contribution in [2.24, 2.45) is 5.92 Å². The number of hydrogen-bond acceptors (Lipinski definition) is 6. The van der Waals surface area contributed by atoms with Crippen molar-refractivity contribution in [3.63, 3.8) is 0 Å². The minimum absolute atomic E-state index is 0.0453. The fraction of sp³-hybridized carbons (Fsp3) is 0.273. The van der Waals surface area contributed by atoms with Crippen LogP contribution in [0.15, 0.2) is 78.4 Å². The second-order valence-electron chi connectivity index (χ2n) is 11.3. The molecule has 0 aliphatic carbocycles. The quantitative estimate of drug-likeness (QED) is 0.0771. The first-order chi connectivity index (χ1) is 19.3. The van der Waals surface area contributed by atoms with Crippen molar-refractivity contribution >= 4 is 38.5 Å². The largest absolute Gasteiger partial charge is 0.493 e. The molecule has 0 bridgehead atoms. The number of nitrogens with zero attached hydrogens (tertiary/aromatic N) is 3. The average Bonchev–Trinajstić information content (AvgIpc) is 2.95. The van der Waals surface area contributed by atoms with Gasteiger partial charge < -0.3 is 9.47 Å². The highest BCUT2D eigenvalue weighted by Gasteiger charge is 2.51. The summed E-state index contributed by atoms with van der Waals surface area (Å²) in [6, 6.07) is 21.0. The van der Waals surface area contributed by atoms with E-state index in [1.807, 2.05) is 36.4 Å². The molecule has 0 fully saturated rings. The van der Waals surface area contributed by atoms with Gasteiger partial charge in [-0.15, -0.1) is 0 Å². The van der Waals surface area contributed by atoms with Crippen molar-refractivity contribution in [3.8, 4) is 11.5 Å². The van der Waals surface area contributed by atoms with E-state index in [0.29, 0.717) is 12.4 Å². The zero-order valence-corrected chi connectivity index (χ0v) is 22.7. The van der Waals surface area contributed by atoms with Gasteiger partial charge in [0.15, 0.2) is 0 Å². The average molecular weight is 532 g/mol. The third-order valence-electron chi connectivity index (χ3n) is 8.48. The standard InChI is InChI=1S/C33H29N3O4/c1-19(2)9-8-16-33(3)24-18-39-27-15-14-20(36(37)38)17-23(27)28(24)29-31-30(34-25-12-6-7-13-26(25)35-31)21-10-4-5-11-22(21)32(29)40-33/h4-7,9-15,17,24,28H,8,16,18H2,1-3H3/t24-,28+,33+/m0/s1. The number of non-ortho nitro benzene ring substituents is 1. The first-order valence-corrected chi connectivity index (χ1v) is 13.7. The highest BCUT2D eigenvalue weighted by atomic mass is 16.6. The van der Waals surface area contributed by atoms with Gasteiger partial charge in [0.25, 0.3) is 5.69 Å². The van der Waals surface area contributed by atoms with Crippen LogP contribution in [0.1, 0.15) is 50.7 Å². The van der Waals surface area contributed by atoms with Crippen LogP contribution in [0, 0.1) is 16.0 Å². The van der Waals surface area contributed by atoms with Crippen molar-refractivity contribution in [2.45, 2.75) is 45.1 Å². The molecule has 0 N–H and O–H groups in total. The van der Waals surface area contributed by atoms with Gasteiger partial charge in [-0.1, -0.05) is 48.0 Å². The van der Waals surface area contributed by atoms with Gasteiger partial charge in [0.1, 0.15) is 17.1 Å². The van der Waals surface area contributed by atoms with Gasteiger partial charge in [0, 0.05) is 45.9 Å². The number of fused-ring (bicyclic) bond motifs is 11. The molecule has 3 heterocycles. The van der Waals surface area contributed by atoms with Crippen molar-refractivity contribution in [1.82, 2.24) is 9.97 Å². The lowest BCUT2D eigenvalue weighted by molar-refractivity contribution is -0.385. The molecule has 7 rings (SSSR count). The first-order valence-electron chi connectivity index (χ1n) is 13.7. The molecular formula is C33H29N3O4. The molecule has 7 nitrogen and oxygen atoms in total. The molecule has 1 aromatic heterocycles. The van der Waals surface area contributed by atoms with Crippen LogP contribution in [0.5, 0.6) is 11.5 Å². The van der Waals surface area contributed by atoms with Gasteiger partial charge in [-0.2, -0.15) is 0 Å². The lowest BCUT2D eigenvalue weighted by Gasteiger charge is -2.49. The van der Waals surface area contributed by atoms with Gasteiger partial charge in [-0.25, -0.2) is 9.97 Å². The van der Waals surface area contributed by atoms with E-state index < -0.39 is 5.60 Å². The van der Waals surface area contributed by atoms with Crippen molar-refractivity contribution in [2.75, 3.05) is 6.61 Å². The van der Waals surface area contributed by atoms with Crippen LogP contribution in [0.25, 0.3) is 32.8 Å². The highest BCUT2D eigenvalue weighted by Crippen LogP contribution is 2.57. The number of nitro groups is 1. The van der Waals surface area contributed by atoms with E-state index in [9.17, 15) is 10.1 Å². The molecule has 3 atom stereocenters. The maximum atomic E-state index is 11.9. The summed E-state index contributed by atoms with van der Waals surface area (Å²) in [7, 11) is 0. The number of nitro benzene ring substituents is 1. The Morgan fingerprint density at radius 1 is 1.02 bits per heavy atom. The van der Waals surface area contributed by atoms with Crippen LogP contribution in [-0.2, 0) is 0 Å². The SMILES string of the molecule is CC(C)=CCC[C@@]1(C)Oc2c(c3nc4ccccc4nc3c3ccccc23)[C@@H]2c3cc([N+](=O)[O-])ccc3OC[C@@H]21. The Hall–Kier alpha value is -4.52. The zero-order valence-electron chi connectivity index (χ0n) is 22.7. The van der Waals surface area contributed by atoms with Gasteiger partial charge in [0.05, 0.1) is 33.6 Å². The number of hydrogen-bond donors (Lipinski definition) is 0. The van der Waals surface area contributed by atoms with Crippen LogP contribution in [0.4, 0.5) is 5.69 Å². The lowest BCUT2D eigenvalue weighted by Crippen LogP contribution is -2.51. The maximum Gasteiger partial charge on any atom is 0.269 e. The minimum atomic E-state index is -0.577. The summed E-state index contributed by atoms with van der Waals surface area (Å²) in [5, 5.41) is 13.8. The number of allylic oxidation sites excluding steroid dienone is 2. The van der Waals surface area contributed by atoms with Crippen LogP contribution < -0.4 is 9.47 Å². The van der Waals surface area contributed by atoms with Gasteiger partial charge >= 0.3 is 0 Å². The molecule has 0 spiro atoms. The van der Waals surface area contributed by atoms with Crippen LogP contribution in [-0.4, -0.2) is 27.1 Å². The third-order valence-corrected chi connectivity index (χ3v) is 8.48. The summed E-state index contributed by atoms with van der Waals surface area (Å²) >= 11 is 0. The van der Waals surface area contributed by atoms with E-state index in [-0.39, 0.29) is 22.4 Å². The Kier molecular flexibility index (Phi) is 5.52. The molecule has 2 aliphatic rings. The molecule has 0 radical (unpaired) electrons. The Bertz CT molecular complexity index is 1880. The van der Waals surface area contributed by atoms with Crippen LogP contribution in [0.3, 0.4) is 0 Å². The molecule has 4 aromatic carbocycles. The summed E-state index contributed by atoms with van der Waals surface area (Å²) in [4.78, 5) is 21.8. The predicted molar refractivity (Wildman–Crippen MR) is 156 cm³/mol. The molecule has 0 amide bonds. The predicted octanol–water partition coefficient (Wildman–Crippen LogP) is 7.88. The second kappa shape index (κ2) is 9.01. The monoisotopic (exact) mass is 531 g/mol. The number of ether oxygens (including phenoxy) is 2. The smallest absolute Gasteiger partial charge is 0.269 e. The van der Waals surface area contributed by atoms with E-state index in [1.165, 1.54) is 11.6 Å². The van der Waals surface area contributed by atoms with E-state index in [1.54, 1.807) is 12.1 Å². The van der Waals surface area contributed by atoms with Crippen molar-refractivity contribution < 1.29 is 14.4 Å². The summed E-state index contributed by atoms with van der Waals surface area (Å²) < 4.78 is 13.4. The van der Waals surface area contributed by atoms with Crippen LogP contribution >= 0.6 is 0 Å². The Balaban J connectivity index is 1.59. The highest BCUT2D eigenvalue weighted by molar-refractivity contribution is 6.11. The molecule has 0 unspecified atom stereocenters. The molecule has 40 heavy (non-hydrogen) atoms. The first kappa shape index (κ1) is 24.5. The molecule has 2 aliphatic heterocycles. The third kappa shape index (κ3) is 3.72. The van der Waals surface area contributed by atoms with Gasteiger partial charge in [-0.05, 0) is 51.8 Å². The summed E-state index contributed by atoms with van der Waals surface area (Å²) in [6.45, 7) is 6.80. The van der Waals surface area contributed by atoms with Gasteiger partial charge in [-0.3, -0.25) is 10.1 Å². The normalized spacial score (nSPS) is 21.2. The number of rotatable bonds is 4. The Morgan fingerprint density at radius 2 is 1.73 bits per heavy atom. The molecule has 200 valence electrons. The fourth-order valence-electron chi connectivity index (χ4n) is 6.51. The maximum absolute atomic E-state index is 11.9. The minimum Gasteiger partial charge on any atom is -0.493 e. The molecule has 0 saturated carbocycles. The number of benzene rings is 4. The van der Waals surface area contributed by atoms with Crippen LogP contribution in [0.2, 0.25) is 0 Å². The number of para-hydroxylation sites is 2. The summed E-state index contributed by atoms with van der Waals surface area (Å²) in [6.07, 6.45) is 3.87.